The van der Waals surface area contributed by atoms with Crippen LogP contribution in [-0.2, 0) is 16.1 Å². The number of ether oxygens (including phenoxy) is 1. The minimum absolute atomic E-state index is 0.339. The molecule has 4 aliphatic carbocycles. The van der Waals surface area contributed by atoms with Gasteiger partial charge in [0.2, 0.25) is 0 Å². The number of carbonyl (C=O) groups is 1. The van der Waals surface area contributed by atoms with Crippen LogP contribution >= 0.6 is 0 Å². The number of fused-ring (bicyclic) bond motifs is 5. The lowest BCUT2D eigenvalue weighted by molar-refractivity contribution is -0.131. The maximum Gasteiger partial charge on any atom is 0.132 e. The van der Waals surface area contributed by atoms with Gasteiger partial charge in [0, 0.05) is 5.92 Å². The second kappa shape index (κ2) is 7.76. The first-order chi connectivity index (χ1) is 14.4. The predicted octanol–water partition coefficient (Wildman–Crippen LogP) is 6.82. The summed E-state index contributed by atoms with van der Waals surface area (Å²) in [5.74, 6) is 4.12. The van der Waals surface area contributed by atoms with E-state index in [-0.39, 0.29) is 0 Å². The van der Waals surface area contributed by atoms with Crippen molar-refractivity contribution in [1.82, 2.24) is 0 Å². The number of Topliss-reactive ketones (excluding diaryl/α,β-unsaturated/α-hetero) is 1. The summed E-state index contributed by atoms with van der Waals surface area (Å²) in [5.41, 5.74) is 2.21. The average Bonchev–Trinajstić information content (AvgIpc) is 3.11. The number of rotatable bonds is 4. The van der Waals surface area contributed by atoms with E-state index in [9.17, 15) is 4.79 Å². The molecule has 30 heavy (non-hydrogen) atoms. The molecule has 8 atom stereocenters. The lowest BCUT2D eigenvalue weighted by atomic mass is 9.45. The predicted molar refractivity (Wildman–Crippen MR) is 121 cm³/mol. The number of carbonyl (C=O) groups excluding carboxylic acids is 1. The minimum Gasteiger partial charge on any atom is -0.374 e. The van der Waals surface area contributed by atoms with Crippen LogP contribution in [0.2, 0.25) is 0 Å². The van der Waals surface area contributed by atoms with E-state index in [1.54, 1.807) is 0 Å². The SMILES string of the molecule is CC(=O)[C@@H]1CC2[C@H]3CCC4C[C@@H](OCc5ccccc5)CC[C@@]4(C)C3CC[C@@]2(C)C1. The van der Waals surface area contributed by atoms with Crippen LogP contribution in [0.25, 0.3) is 0 Å². The Bertz CT molecular complexity index is 772. The maximum absolute atomic E-state index is 12.2. The van der Waals surface area contributed by atoms with Gasteiger partial charge in [0.05, 0.1) is 12.7 Å². The van der Waals surface area contributed by atoms with E-state index in [1.165, 1.54) is 56.9 Å². The first-order valence-electron chi connectivity index (χ1n) is 12.5. The van der Waals surface area contributed by atoms with Gasteiger partial charge < -0.3 is 4.74 Å². The molecule has 0 spiro atoms. The van der Waals surface area contributed by atoms with Crippen LogP contribution in [0, 0.1) is 40.4 Å². The zero-order valence-electron chi connectivity index (χ0n) is 19.2. The third-order valence-electron chi connectivity index (χ3n) is 10.3. The molecule has 2 heteroatoms. The summed E-state index contributed by atoms with van der Waals surface area (Å²) < 4.78 is 6.39. The van der Waals surface area contributed by atoms with Gasteiger partial charge in [-0.3, -0.25) is 4.79 Å². The van der Waals surface area contributed by atoms with Gasteiger partial charge in [-0.1, -0.05) is 44.2 Å². The summed E-state index contributed by atoms with van der Waals surface area (Å²) in [6, 6.07) is 10.6. The van der Waals surface area contributed by atoms with Crippen LogP contribution in [0.15, 0.2) is 30.3 Å². The highest BCUT2D eigenvalue weighted by molar-refractivity contribution is 5.78. The van der Waals surface area contributed by atoms with Crippen molar-refractivity contribution >= 4 is 5.78 Å². The first-order valence-corrected chi connectivity index (χ1v) is 12.5. The second-order valence-electron chi connectivity index (χ2n) is 11.8. The zero-order valence-corrected chi connectivity index (χ0v) is 19.2. The van der Waals surface area contributed by atoms with Crippen molar-refractivity contribution in [3.63, 3.8) is 0 Å². The van der Waals surface area contributed by atoms with Crippen LogP contribution in [0.1, 0.15) is 84.1 Å². The highest BCUT2D eigenvalue weighted by atomic mass is 16.5. The van der Waals surface area contributed by atoms with Crippen LogP contribution in [0.4, 0.5) is 0 Å². The summed E-state index contributed by atoms with van der Waals surface area (Å²) in [6.45, 7) is 7.73. The smallest absolute Gasteiger partial charge is 0.132 e. The number of hydrogen-bond donors (Lipinski definition) is 0. The quantitative estimate of drug-likeness (QED) is 0.546. The molecule has 1 aromatic carbocycles. The Morgan fingerprint density at radius 1 is 1.00 bits per heavy atom. The highest BCUT2D eigenvalue weighted by Gasteiger charge is 2.59. The fourth-order valence-electron chi connectivity index (χ4n) is 8.53. The zero-order chi connectivity index (χ0) is 20.9. The Balaban J connectivity index is 1.26. The Kier molecular flexibility index (Phi) is 5.37. The van der Waals surface area contributed by atoms with Crippen molar-refractivity contribution in [1.29, 1.82) is 0 Å². The molecule has 4 fully saturated rings. The second-order valence-corrected chi connectivity index (χ2v) is 11.8. The van der Waals surface area contributed by atoms with E-state index in [2.05, 4.69) is 44.2 Å². The molecule has 0 saturated heterocycles. The molecule has 0 aromatic heterocycles. The van der Waals surface area contributed by atoms with Gasteiger partial charge in [0.25, 0.3) is 0 Å². The van der Waals surface area contributed by atoms with E-state index in [1.807, 2.05) is 6.92 Å². The average molecular weight is 409 g/mol. The summed E-state index contributed by atoms with van der Waals surface area (Å²) >= 11 is 0. The van der Waals surface area contributed by atoms with Gasteiger partial charge >= 0.3 is 0 Å². The third kappa shape index (κ3) is 3.48. The van der Waals surface area contributed by atoms with Crippen molar-refractivity contribution in [2.75, 3.05) is 0 Å². The van der Waals surface area contributed by atoms with Gasteiger partial charge in [-0.25, -0.2) is 0 Å². The Labute approximate surface area is 183 Å². The molecule has 0 amide bonds. The van der Waals surface area contributed by atoms with Crippen LogP contribution in [0.3, 0.4) is 0 Å². The largest absolute Gasteiger partial charge is 0.374 e. The van der Waals surface area contributed by atoms with Crippen LogP contribution in [0.5, 0.6) is 0 Å². The molecule has 3 unspecified atom stereocenters. The molecule has 0 heterocycles. The molecule has 1 aromatic rings. The van der Waals surface area contributed by atoms with Crippen molar-refractivity contribution < 1.29 is 9.53 Å². The molecule has 4 aliphatic rings. The standard InChI is InChI=1S/C28H40O2/c1-19(29)21-15-26-24-10-9-22-16-23(30-18-20-7-5-4-6-8-20)11-14-28(22,3)25(24)12-13-27(26,2)17-21/h4-8,21-26H,9-18H2,1-3H3/t21-,22?,23+,24+,25?,26?,27+,28-/m1/s1. The van der Waals surface area contributed by atoms with Gasteiger partial charge in [0.1, 0.15) is 5.78 Å². The first kappa shape index (κ1) is 20.7. The van der Waals surface area contributed by atoms with Crippen LogP contribution in [-0.4, -0.2) is 11.9 Å². The molecular formula is C28H40O2. The third-order valence-corrected chi connectivity index (χ3v) is 10.3. The minimum atomic E-state index is 0.339. The highest BCUT2D eigenvalue weighted by Crippen LogP contribution is 2.67. The number of hydrogen-bond acceptors (Lipinski definition) is 2. The Morgan fingerprint density at radius 3 is 2.57 bits per heavy atom. The Hall–Kier alpha value is -1.15. The normalized spacial score (nSPS) is 45.3. The summed E-state index contributed by atoms with van der Waals surface area (Å²) in [6.07, 6.45) is 12.1. The van der Waals surface area contributed by atoms with Crippen LogP contribution < -0.4 is 0 Å². The van der Waals surface area contributed by atoms with E-state index in [4.69, 9.17) is 4.74 Å². The molecule has 2 nitrogen and oxygen atoms in total. The fourth-order valence-corrected chi connectivity index (χ4v) is 8.53. The lowest BCUT2D eigenvalue weighted by Gasteiger charge is -2.60. The van der Waals surface area contributed by atoms with E-state index < -0.39 is 0 Å². The van der Waals surface area contributed by atoms with Crippen molar-refractivity contribution in [2.24, 2.45) is 40.4 Å². The topological polar surface area (TPSA) is 26.3 Å². The van der Waals surface area contributed by atoms with E-state index >= 15 is 0 Å². The van der Waals surface area contributed by atoms with E-state index in [0.717, 1.165) is 36.7 Å². The molecule has 0 bridgehead atoms. The lowest BCUT2D eigenvalue weighted by Crippen LogP contribution is -2.53. The number of ketones is 1. The van der Waals surface area contributed by atoms with E-state index in [0.29, 0.717) is 28.6 Å². The van der Waals surface area contributed by atoms with Gasteiger partial charge in [-0.15, -0.1) is 0 Å². The number of benzene rings is 1. The van der Waals surface area contributed by atoms with Crippen molar-refractivity contribution in [2.45, 2.75) is 91.3 Å². The van der Waals surface area contributed by atoms with Crippen molar-refractivity contribution in [3.8, 4) is 0 Å². The summed E-state index contributed by atoms with van der Waals surface area (Å²) in [4.78, 5) is 12.2. The maximum atomic E-state index is 12.2. The molecule has 0 radical (unpaired) electrons. The van der Waals surface area contributed by atoms with Crippen molar-refractivity contribution in [3.05, 3.63) is 35.9 Å². The molecule has 164 valence electrons. The summed E-state index contributed by atoms with van der Waals surface area (Å²) in [5, 5.41) is 0. The fraction of sp³-hybridized carbons (Fsp3) is 0.750. The molecule has 4 saturated carbocycles. The summed E-state index contributed by atoms with van der Waals surface area (Å²) in [7, 11) is 0. The molecule has 0 N–H and O–H groups in total. The molecule has 5 rings (SSSR count). The van der Waals surface area contributed by atoms with Gasteiger partial charge in [0.15, 0.2) is 0 Å². The van der Waals surface area contributed by atoms with Gasteiger partial charge in [-0.05, 0) is 105 Å². The molecular weight excluding hydrogens is 368 g/mol. The monoisotopic (exact) mass is 408 g/mol. The Morgan fingerprint density at radius 2 is 1.80 bits per heavy atom. The van der Waals surface area contributed by atoms with Gasteiger partial charge in [-0.2, -0.15) is 0 Å². The molecule has 0 aliphatic heterocycles.